The van der Waals surface area contributed by atoms with Crippen molar-refractivity contribution >= 4 is 58.2 Å². The average Bonchev–Trinajstić information content (AvgIpc) is 3.28. The predicted molar refractivity (Wildman–Crippen MR) is 122 cm³/mol. The van der Waals surface area contributed by atoms with Crippen LogP contribution in [-0.2, 0) is 17.6 Å². The Morgan fingerprint density at radius 1 is 1.13 bits per heavy atom. The van der Waals surface area contributed by atoms with Crippen LogP contribution in [-0.4, -0.2) is 56.7 Å². The molecule has 1 saturated heterocycles. The number of aromatic nitrogens is 1. The van der Waals surface area contributed by atoms with E-state index < -0.39 is 5.25 Å². The molecule has 1 aromatic heterocycles. The number of ketones is 1. The number of amides is 2. The van der Waals surface area contributed by atoms with Crippen molar-refractivity contribution in [2.45, 2.75) is 31.4 Å². The minimum atomic E-state index is -0.409. The zero-order chi connectivity index (χ0) is 21.1. The van der Waals surface area contributed by atoms with E-state index in [1.165, 1.54) is 0 Å². The molecule has 2 heterocycles. The Labute approximate surface area is 208 Å². The van der Waals surface area contributed by atoms with Crippen LogP contribution in [0.2, 0.25) is 0 Å². The molecule has 3 aromatic rings. The molecular weight excluding hydrogens is 423 g/mol. The molecule has 2 amide bonds. The topological polar surface area (TPSA) is 89.3 Å². The van der Waals surface area contributed by atoms with Gasteiger partial charge in [-0.1, -0.05) is 54.2 Å². The van der Waals surface area contributed by atoms with Crippen LogP contribution < -0.4 is 5.32 Å². The Balaban J connectivity index is 0.00000181. The second-order valence-corrected chi connectivity index (χ2v) is 8.27. The molecule has 1 unspecified atom stereocenters. The molecule has 31 heavy (non-hydrogen) atoms. The van der Waals surface area contributed by atoms with Gasteiger partial charge in [-0.25, -0.2) is 4.98 Å². The first kappa shape index (κ1) is 23.5. The average molecular weight is 445 g/mol. The van der Waals surface area contributed by atoms with E-state index in [1.807, 2.05) is 49.4 Å². The maximum absolute atomic E-state index is 12.6. The molecule has 6 nitrogen and oxygen atoms in total. The number of thioether (sulfide) groups is 1. The molecule has 4 rings (SSSR count). The third kappa shape index (κ3) is 5.74. The van der Waals surface area contributed by atoms with Gasteiger partial charge in [0.15, 0.2) is 5.78 Å². The molecule has 0 aliphatic carbocycles. The number of rotatable bonds is 7. The van der Waals surface area contributed by atoms with E-state index in [1.54, 1.807) is 12.1 Å². The third-order valence-electron chi connectivity index (χ3n) is 4.97. The van der Waals surface area contributed by atoms with Crippen LogP contribution >= 0.6 is 11.8 Å². The zero-order valence-corrected chi connectivity index (χ0v) is 20.2. The molecular formula is C23H22N2NaO4S. The van der Waals surface area contributed by atoms with Crippen LogP contribution in [0, 0.1) is 6.92 Å². The van der Waals surface area contributed by atoms with Crippen molar-refractivity contribution in [1.82, 2.24) is 10.3 Å². The van der Waals surface area contributed by atoms with Crippen LogP contribution in [0.15, 0.2) is 59.0 Å². The second kappa shape index (κ2) is 10.4. The predicted octanol–water partition coefficient (Wildman–Crippen LogP) is 4.22. The van der Waals surface area contributed by atoms with E-state index >= 15 is 0 Å². The molecule has 1 aliphatic heterocycles. The Morgan fingerprint density at radius 2 is 1.84 bits per heavy atom. The van der Waals surface area contributed by atoms with E-state index in [2.05, 4.69) is 10.3 Å². The fraction of sp³-hybridized carbons (Fsp3) is 0.217. The van der Waals surface area contributed by atoms with Crippen LogP contribution in [0.5, 0.6) is 0 Å². The first-order valence-corrected chi connectivity index (χ1v) is 10.5. The van der Waals surface area contributed by atoms with Gasteiger partial charge in [0.25, 0.3) is 5.24 Å². The van der Waals surface area contributed by atoms with Crippen molar-refractivity contribution in [2.75, 3.05) is 0 Å². The minimum absolute atomic E-state index is 0. The van der Waals surface area contributed by atoms with Crippen LogP contribution in [0.3, 0.4) is 0 Å². The smallest absolute Gasteiger partial charge is 0.286 e. The maximum Gasteiger partial charge on any atom is 0.286 e. The fourth-order valence-electron chi connectivity index (χ4n) is 3.31. The van der Waals surface area contributed by atoms with Gasteiger partial charge in [0.05, 0.1) is 10.9 Å². The minimum Gasteiger partial charge on any atom is -0.441 e. The number of oxazole rings is 1. The van der Waals surface area contributed by atoms with Crippen molar-refractivity contribution < 1.29 is 20.2 Å². The largest absolute Gasteiger partial charge is 0.441 e. The summed E-state index contributed by atoms with van der Waals surface area (Å²) in [4.78, 5) is 40.1. The number of Topliss-reactive ketones (excluding diaryl/α,β-unsaturated/α-hetero) is 1. The number of hydrogen-bond acceptors (Lipinski definition) is 6. The summed E-state index contributed by atoms with van der Waals surface area (Å²) < 4.78 is 5.75. The van der Waals surface area contributed by atoms with E-state index in [4.69, 9.17) is 4.42 Å². The SMILES string of the molecule is Cc1oc(-c2ccccc2)nc1CCC(=O)c1ccc(CC2SC(=O)NC2=O)cc1.[HH].[Na]. The summed E-state index contributed by atoms with van der Waals surface area (Å²) in [6.45, 7) is 1.86. The number of nitrogens with one attached hydrogen (secondary N) is 1. The van der Waals surface area contributed by atoms with Gasteiger partial charge in [-0.05, 0) is 31.0 Å². The van der Waals surface area contributed by atoms with Crippen molar-refractivity contribution in [3.05, 3.63) is 77.2 Å². The van der Waals surface area contributed by atoms with Crippen LogP contribution in [0.25, 0.3) is 11.5 Å². The normalized spacial score (nSPS) is 15.5. The van der Waals surface area contributed by atoms with Gasteiger partial charge >= 0.3 is 0 Å². The standard InChI is InChI=1S/C23H20N2O4S.Na.H2/c1-14-18(24-22(29-14)17-5-3-2-4-6-17)11-12-19(26)16-9-7-15(8-10-16)13-20-21(27)25-23(28)30-20;;/h2-10,20H,11-13H2,1H3,(H,25,27,28);;1H. The molecule has 1 radical (unpaired) electrons. The molecule has 0 bridgehead atoms. The van der Waals surface area contributed by atoms with Gasteiger partial charge in [-0.3, -0.25) is 19.7 Å². The van der Waals surface area contributed by atoms with Gasteiger partial charge in [0.2, 0.25) is 11.8 Å². The van der Waals surface area contributed by atoms with E-state index in [-0.39, 0.29) is 47.9 Å². The molecule has 1 atom stereocenters. The van der Waals surface area contributed by atoms with E-state index in [0.29, 0.717) is 30.7 Å². The van der Waals surface area contributed by atoms with E-state index in [9.17, 15) is 14.4 Å². The maximum atomic E-state index is 12.6. The first-order valence-electron chi connectivity index (χ1n) is 9.65. The second-order valence-electron chi connectivity index (χ2n) is 7.10. The molecule has 1 N–H and O–H groups in total. The summed E-state index contributed by atoms with van der Waals surface area (Å²) in [5.74, 6) is 1.04. The number of aryl methyl sites for hydroxylation is 2. The summed E-state index contributed by atoms with van der Waals surface area (Å²) in [5.41, 5.74) is 3.22. The number of benzene rings is 2. The first-order chi connectivity index (χ1) is 14.5. The van der Waals surface area contributed by atoms with Crippen LogP contribution in [0.4, 0.5) is 4.79 Å². The number of carbonyl (C=O) groups excluding carboxylic acids is 3. The van der Waals surface area contributed by atoms with Crippen molar-refractivity contribution in [1.29, 1.82) is 0 Å². The van der Waals surface area contributed by atoms with Gasteiger partial charge in [-0.2, -0.15) is 0 Å². The summed E-state index contributed by atoms with van der Waals surface area (Å²) in [5, 5.41) is 1.56. The fourth-order valence-corrected chi connectivity index (χ4v) is 4.17. The number of carbonyl (C=O) groups is 3. The quantitative estimate of drug-likeness (QED) is 0.433. The Kier molecular flexibility index (Phi) is 7.89. The Bertz CT molecular complexity index is 1100. The van der Waals surface area contributed by atoms with Crippen molar-refractivity contribution in [3.63, 3.8) is 0 Å². The molecule has 2 aromatic carbocycles. The summed E-state index contributed by atoms with van der Waals surface area (Å²) >= 11 is 1.00. The summed E-state index contributed by atoms with van der Waals surface area (Å²) in [6.07, 6.45) is 1.29. The van der Waals surface area contributed by atoms with Gasteiger partial charge in [0.1, 0.15) is 5.76 Å². The van der Waals surface area contributed by atoms with Gasteiger partial charge < -0.3 is 4.42 Å². The van der Waals surface area contributed by atoms with E-state index in [0.717, 1.165) is 34.3 Å². The molecule has 155 valence electrons. The third-order valence-corrected chi connectivity index (χ3v) is 5.95. The zero-order valence-electron chi connectivity index (χ0n) is 17.4. The van der Waals surface area contributed by atoms with Crippen molar-refractivity contribution in [2.24, 2.45) is 0 Å². The molecule has 8 heteroatoms. The Hall–Kier alpha value is -2.19. The number of nitrogens with zero attached hydrogens (tertiary/aromatic N) is 1. The Morgan fingerprint density at radius 3 is 2.48 bits per heavy atom. The summed E-state index contributed by atoms with van der Waals surface area (Å²) in [6, 6.07) is 16.9. The molecule has 0 saturated carbocycles. The van der Waals surface area contributed by atoms with Crippen LogP contribution in [0.1, 0.15) is 35.2 Å². The number of hydrogen-bond donors (Lipinski definition) is 1. The molecule has 1 aliphatic rings. The van der Waals surface area contributed by atoms with Gasteiger partial charge in [0, 0.05) is 55.0 Å². The summed E-state index contributed by atoms with van der Waals surface area (Å²) in [7, 11) is 0. The number of imide groups is 1. The molecule has 1 fully saturated rings. The monoisotopic (exact) mass is 445 g/mol. The van der Waals surface area contributed by atoms with Gasteiger partial charge in [-0.15, -0.1) is 0 Å². The molecule has 0 spiro atoms. The van der Waals surface area contributed by atoms with Crippen molar-refractivity contribution in [3.8, 4) is 11.5 Å².